The van der Waals surface area contributed by atoms with E-state index in [2.05, 4.69) is 0 Å². The Morgan fingerprint density at radius 2 is 1.81 bits per heavy atom. The fraction of sp³-hybridized carbons (Fsp3) is 0.412. The number of amides is 1. The SMILES string of the molecule is O=C(O)CNC(=O)C1C(=O)c2cc(F)c(F)cc2C2(CCOCC2)C1=O. The van der Waals surface area contributed by atoms with Gasteiger partial charge in [-0.1, -0.05) is 0 Å². The lowest BCUT2D eigenvalue weighted by molar-refractivity contribution is -0.142. The number of ether oxygens (including phenoxy) is 1. The molecule has 1 aromatic carbocycles. The maximum Gasteiger partial charge on any atom is 0.322 e. The number of halogens is 2. The number of rotatable bonds is 3. The zero-order chi connectivity index (χ0) is 19.1. The molecule has 2 aliphatic rings. The van der Waals surface area contributed by atoms with Crippen molar-refractivity contribution in [2.45, 2.75) is 18.3 Å². The third-order valence-electron chi connectivity index (χ3n) is 4.86. The minimum Gasteiger partial charge on any atom is -0.480 e. The first kappa shape index (κ1) is 18.1. The van der Waals surface area contributed by atoms with Crippen LogP contribution >= 0.6 is 0 Å². The van der Waals surface area contributed by atoms with Crippen molar-refractivity contribution in [3.05, 3.63) is 34.9 Å². The molecule has 7 nitrogen and oxygen atoms in total. The second-order valence-corrected chi connectivity index (χ2v) is 6.28. The summed E-state index contributed by atoms with van der Waals surface area (Å²) in [5.41, 5.74) is -1.53. The summed E-state index contributed by atoms with van der Waals surface area (Å²) < 4.78 is 32.7. The number of Topliss-reactive ketones (excluding diaryl/α,β-unsaturated/α-hetero) is 2. The second kappa shape index (κ2) is 6.56. The normalized spacial score (nSPS) is 21.4. The van der Waals surface area contributed by atoms with Crippen LogP contribution in [0.3, 0.4) is 0 Å². The number of aliphatic carboxylic acids is 1. The van der Waals surface area contributed by atoms with Crippen molar-refractivity contribution in [1.82, 2.24) is 5.32 Å². The van der Waals surface area contributed by atoms with Crippen molar-refractivity contribution in [2.75, 3.05) is 19.8 Å². The number of nitrogens with one attached hydrogen (secondary N) is 1. The highest BCUT2D eigenvalue weighted by atomic mass is 19.2. The van der Waals surface area contributed by atoms with E-state index in [4.69, 9.17) is 9.84 Å². The van der Waals surface area contributed by atoms with Gasteiger partial charge in [-0.3, -0.25) is 19.2 Å². The van der Waals surface area contributed by atoms with Crippen LogP contribution in [0, 0.1) is 17.6 Å². The van der Waals surface area contributed by atoms with Crippen molar-refractivity contribution in [3.8, 4) is 0 Å². The molecule has 26 heavy (non-hydrogen) atoms. The number of hydrogen-bond donors (Lipinski definition) is 2. The summed E-state index contributed by atoms with van der Waals surface area (Å²) in [6.45, 7) is -0.458. The van der Waals surface area contributed by atoms with Gasteiger partial charge in [0.25, 0.3) is 0 Å². The molecule has 138 valence electrons. The zero-order valence-corrected chi connectivity index (χ0v) is 13.5. The number of fused-ring (bicyclic) bond motifs is 2. The average molecular weight is 367 g/mol. The van der Waals surface area contributed by atoms with Crippen molar-refractivity contribution >= 4 is 23.4 Å². The highest BCUT2D eigenvalue weighted by Gasteiger charge is 2.55. The Morgan fingerprint density at radius 3 is 2.42 bits per heavy atom. The fourth-order valence-electron chi connectivity index (χ4n) is 3.57. The van der Waals surface area contributed by atoms with Crippen LogP contribution in [-0.2, 0) is 24.5 Å². The summed E-state index contributed by atoms with van der Waals surface area (Å²) in [5.74, 6) is -8.38. The number of carboxylic acids is 1. The molecule has 1 spiro atoms. The van der Waals surface area contributed by atoms with E-state index in [-0.39, 0.29) is 37.2 Å². The van der Waals surface area contributed by atoms with Gasteiger partial charge in [-0.05, 0) is 30.5 Å². The molecule has 2 N–H and O–H groups in total. The average Bonchev–Trinajstić information content (AvgIpc) is 2.61. The van der Waals surface area contributed by atoms with E-state index in [1.807, 2.05) is 5.32 Å². The Labute approximate surface area is 146 Å². The van der Waals surface area contributed by atoms with Gasteiger partial charge >= 0.3 is 5.97 Å². The molecule has 1 heterocycles. The van der Waals surface area contributed by atoms with Gasteiger partial charge in [-0.2, -0.15) is 0 Å². The van der Waals surface area contributed by atoms with Crippen LogP contribution in [0.15, 0.2) is 12.1 Å². The lowest BCUT2D eigenvalue weighted by Crippen LogP contribution is -2.55. The van der Waals surface area contributed by atoms with Crippen molar-refractivity contribution < 1.29 is 37.8 Å². The van der Waals surface area contributed by atoms with Gasteiger partial charge in [0, 0.05) is 18.8 Å². The summed E-state index contributed by atoms with van der Waals surface area (Å²) in [6, 6.07) is 1.52. The van der Waals surface area contributed by atoms with E-state index in [1.165, 1.54) is 0 Å². The summed E-state index contributed by atoms with van der Waals surface area (Å²) in [7, 11) is 0. The third-order valence-corrected chi connectivity index (χ3v) is 4.86. The lowest BCUT2D eigenvalue weighted by atomic mass is 9.61. The molecule has 1 amide bonds. The lowest BCUT2D eigenvalue weighted by Gasteiger charge is -2.42. The summed E-state index contributed by atoms with van der Waals surface area (Å²) in [5, 5.41) is 10.7. The van der Waals surface area contributed by atoms with Gasteiger partial charge in [-0.25, -0.2) is 8.78 Å². The largest absolute Gasteiger partial charge is 0.480 e. The van der Waals surface area contributed by atoms with Crippen LogP contribution < -0.4 is 5.32 Å². The highest BCUT2D eigenvalue weighted by molar-refractivity contribution is 6.29. The first-order valence-electron chi connectivity index (χ1n) is 7.93. The standard InChI is InChI=1S/C17H15F2NO6/c18-10-5-8-9(6-11(10)19)17(1-3-26-4-2-17)15(24)13(14(8)23)16(25)20-7-12(21)22/h5-6,13H,1-4,7H2,(H,20,25)(H,21,22). The molecule has 1 aliphatic carbocycles. The number of carboxylic acid groups (broad SMARTS) is 1. The van der Waals surface area contributed by atoms with E-state index in [0.717, 1.165) is 6.07 Å². The predicted molar refractivity (Wildman–Crippen MR) is 81.6 cm³/mol. The maximum atomic E-state index is 13.8. The number of ketones is 2. The quantitative estimate of drug-likeness (QED) is 0.757. The summed E-state index contributed by atoms with van der Waals surface area (Å²) in [6.07, 6.45) is 0.222. The molecule has 1 atom stereocenters. The molecule has 3 rings (SSSR count). The van der Waals surface area contributed by atoms with Gasteiger partial charge in [0.15, 0.2) is 29.1 Å². The first-order chi connectivity index (χ1) is 12.3. The monoisotopic (exact) mass is 367 g/mol. The molecule has 1 aromatic rings. The maximum absolute atomic E-state index is 13.8. The van der Waals surface area contributed by atoms with E-state index in [1.54, 1.807) is 0 Å². The van der Waals surface area contributed by atoms with Gasteiger partial charge in [0.2, 0.25) is 5.91 Å². The van der Waals surface area contributed by atoms with E-state index in [0.29, 0.717) is 6.07 Å². The number of carbonyl (C=O) groups is 4. The molecule has 1 saturated heterocycles. The Morgan fingerprint density at radius 1 is 1.19 bits per heavy atom. The molecule has 9 heteroatoms. The number of benzene rings is 1. The molecule has 1 fully saturated rings. The number of hydrogen-bond acceptors (Lipinski definition) is 5. The first-order valence-corrected chi connectivity index (χ1v) is 7.93. The smallest absolute Gasteiger partial charge is 0.322 e. The molecule has 0 radical (unpaired) electrons. The molecule has 0 aromatic heterocycles. The van der Waals surface area contributed by atoms with Crippen LogP contribution in [0.1, 0.15) is 28.8 Å². The minimum absolute atomic E-state index is 0.0528. The summed E-state index contributed by atoms with van der Waals surface area (Å²) >= 11 is 0. The third kappa shape index (κ3) is 2.78. The van der Waals surface area contributed by atoms with Crippen molar-refractivity contribution in [1.29, 1.82) is 0 Å². The van der Waals surface area contributed by atoms with Crippen LogP contribution in [0.5, 0.6) is 0 Å². The van der Waals surface area contributed by atoms with Crippen molar-refractivity contribution in [2.24, 2.45) is 5.92 Å². The van der Waals surface area contributed by atoms with Gasteiger partial charge < -0.3 is 15.2 Å². The zero-order valence-electron chi connectivity index (χ0n) is 13.5. The van der Waals surface area contributed by atoms with Crippen molar-refractivity contribution in [3.63, 3.8) is 0 Å². The van der Waals surface area contributed by atoms with Crippen LogP contribution in [0.25, 0.3) is 0 Å². The Bertz CT molecular complexity index is 816. The second-order valence-electron chi connectivity index (χ2n) is 6.28. The number of carbonyl (C=O) groups excluding carboxylic acids is 3. The molecule has 0 bridgehead atoms. The molecule has 1 unspecified atom stereocenters. The Balaban J connectivity index is 2.11. The fourth-order valence-corrected chi connectivity index (χ4v) is 3.57. The highest BCUT2D eigenvalue weighted by Crippen LogP contribution is 2.44. The van der Waals surface area contributed by atoms with Gasteiger partial charge in [0.05, 0.1) is 5.41 Å². The molecule has 0 saturated carbocycles. The van der Waals surface area contributed by atoms with Crippen LogP contribution in [-0.4, -0.2) is 48.3 Å². The minimum atomic E-state index is -1.80. The summed E-state index contributed by atoms with van der Waals surface area (Å²) in [4.78, 5) is 48.6. The Kier molecular flexibility index (Phi) is 4.57. The molecular weight excluding hydrogens is 352 g/mol. The molecular formula is C17H15F2NO6. The van der Waals surface area contributed by atoms with E-state index >= 15 is 0 Å². The molecule has 1 aliphatic heterocycles. The van der Waals surface area contributed by atoms with Gasteiger partial charge in [0.1, 0.15) is 6.54 Å². The topological polar surface area (TPSA) is 110 Å². The van der Waals surface area contributed by atoms with Crippen LogP contribution in [0.2, 0.25) is 0 Å². The van der Waals surface area contributed by atoms with Crippen LogP contribution in [0.4, 0.5) is 8.78 Å². The van der Waals surface area contributed by atoms with E-state index in [9.17, 15) is 28.0 Å². The Hall–Kier alpha value is -2.68. The predicted octanol–water partition coefficient (Wildman–Crippen LogP) is 0.595. The van der Waals surface area contributed by atoms with E-state index < -0.39 is 53.0 Å². The van der Waals surface area contributed by atoms with Gasteiger partial charge in [-0.15, -0.1) is 0 Å².